The average Bonchev–Trinajstić information content (AvgIpc) is 2.61. The van der Waals surface area contributed by atoms with Gasteiger partial charge in [-0.1, -0.05) is 13.8 Å². The molecule has 0 aromatic carbocycles. The summed E-state index contributed by atoms with van der Waals surface area (Å²) in [6.45, 7) is 8.29. The lowest BCUT2D eigenvalue weighted by Gasteiger charge is -2.27. The van der Waals surface area contributed by atoms with Gasteiger partial charge in [0.15, 0.2) is 5.82 Å². The van der Waals surface area contributed by atoms with Gasteiger partial charge in [0.2, 0.25) is 5.88 Å². The van der Waals surface area contributed by atoms with E-state index in [1.54, 1.807) is 19.1 Å². The van der Waals surface area contributed by atoms with Gasteiger partial charge in [-0.15, -0.1) is 0 Å². The van der Waals surface area contributed by atoms with E-state index < -0.39 is 17.4 Å². The van der Waals surface area contributed by atoms with Gasteiger partial charge in [-0.05, 0) is 38.3 Å². The van der Waals surface area contributed by atoms with Gasteiger partial charge in [-0.25, -0.2) is 19.2 Å². The summed E-state index contributed by atoms with van der Waals surface area (Å²) in [5.74, 6) is 0.445. The lowest BCUT2D eigenvalue weighted by Crippen LogP contribution is -2.43. The standard InChI is InChI=1S/C20H27FN4O3/c1-12(2)9-20(4,22)11-27-17-7-6-16(25-13(17)3)14-8-18(24-10-15(14)21)28-19(26)23-5/h6-8,10,12H,9,11,22H2,1-5H3,(H,23,26)/t20-/m0/s1. The van der Waals surface area contributed by atoms with Gasteiger partial charge >= 0.3 is 6.09 Å². The molecule has 0 aliphatic heterocycles. The number of carbonyl (C=O) groups excluding carboxylic acids is 1. The highest BCUT2D eigenvalue weighted by molar-refractivity contribution is 5.70. The van der Waals surface area contributed by atoms with Gasteiger partial charge in [-0.3, -0.25) is 0 Å². The second-order valence-electron chi connectivity index (χ2n) is 7.46. The van der Waals surface area contributed by atoms with Gasteiger partial charge in [-0.2, -0.15) is 0 Å². The number of halogens is 1. The number of aromatic nitrogens is 2. The fourth-order valence-corrected chi connectivity index (χ4v) is 2.90. The van der Waals surface area contributed by atoms with Crippen LogP contribution in [0.5, 0.6) is 11.6 Å². The maximum atomic E-state index is 14.2. The summed E-state index contributed by atoms with van der Waals surface area (Å²) in [6.07, 6.45) is 1.12. The zero-order valence-electron chi connectivity index (χ0n) is 16.9. The number of amides is 1. The van der Waals surface area contributed by atoms with E-state index in [1.165, 1.54) is 13.1 Å². The van der Waals surface area contributed by atoms with Gasteiger partial charge in [0.1, 0.15) is 12.4 Å². The minimum Gasteiger partial charge on any atom is -0.490 e. The summed E-state index contributed by atoms with van der Waals surface area (Å²) in [4.78, 5) is 19.5. The first-order chi connectivity index (χ1) is 13.1. The van der Waals surface area contributed by atoms with E-state index >= 15 is 0 Å². The van der Waals surface area contributed by atoms with Crippen LogP contribution in [-0.2, 0) is 0 Å². The van der Waals surface area contributed by atoms with Crippen molar-refractivity contribution in [3.05, 3.63) is 35.9 Å². The van der Waals surface area contributed by atoms with Crippen molar-refractivity contribution in [3.8, 4) is 22.9 Å². The van der Waals surface area contributed by atoms with Crippen LogP contribution in [0.15, 0.2) is 24.4 Å². The zero-order valence-corrected chi connectivity index (χ0v) is 16.9. The summed E-state index contributed by atoms with van der Waals surface area (Å²) in [5.41, 5.74) is 6.97. The third-order valence-corrected chi connectivity index (χ3v) is 3.98. The Hall–Kier alpha value is -2.74. The quantitative estimate of drug-likeness (QED) is 0.751. The van der Waals surface area contributed by atoms with Crippen LogP contribution in [0.2, 0.25) is 0 Å². The minimum atomic E-state index is -0.691. The molecule has 0 aliphatic rings. The van der Waals surface area contributed by atoms with Gasteiger partial charge in [0.25, 0.3) is 0 Å². The molecule has 2 rings (SSSR count). The number of nitrogens with one attached hydrogen (secondary N) is 1. The molecule has 7 nitrogen and oxygen atoms in total. The van der Waals surface area contributed by atoms with E-state index in [9.17, 15) is 9.18 Å². The Kier molecular flexibility index (Phi) is 6.90. The Bertz CT molecular complexity index is 840. The predicted octanol–water partition coefficient (Wildman–Crippen LogP) is 3.45. The predicted molar refractivity (Wildman–Crippen MR) is 105 cm³/mol. The van der Waals surface area contributed by atoms with Crippen molar-refractivity contribution in [1.82, 2.24) is 15.3 Å². The van der Waals surface area contributed by atoms with E-state index in [0.717, 1.165) is 12.6 Å². The molecular formula is C20H27FN4O3. The molecule has 8 heteroatoms. The topological polar surface area (TPSA) is 99.4 Å². The summed E-state index contributed by atoms with van der Waals surface area (Å²) in [7, 11) is 1.42. The molecule has 0 bridgehead atoms. The number of ether oxygens (including phenoxy) is 2. The molecule has 0 fully saturated rings. The molecule has 0 aliphatic carbocycles. The Morgan fingerprint density at radius 1 is 1.39 bits per heavy atom. The molecule has 3 N–H and O–H groups in total. The third-order valence-electron chi connectivity index (χ3n) is 3.98. The SMILES string of the molecule is CNC(=O)Oc1cc(-c2ccc(OC[C@@](C)(N)CC(C)C)c(C)n2)c(F)cn1. The fourth-order valence-electron chi connectivity index (χ4n) is 2.90. The first kappa shape index (κ1) is 21.6. The summed E-state index contributed by atoms with van der Waals surface area (Å²) < 4.78 is 25.0. The number of pyridine rings is 2. The molecule has 0 unspecified atom stereocenters. The second kappa shape index (κ2) is 8.97. The van der Waals surface area contributed by atoms with Crippen LogP contribution in [0.25, 0.3) is 11.3 Å². The van der Waals surface area contributed by atoms with E-state index in [2.05, 4.69) is 29.1 Å². The Balaban J connectivity index is 2.20. The number of hydrogen-bond donors (Lipinski definition) is 2. The Morgan fingerprint density at radius 3 is 2.71 bits per heavy atom. The van der Waals surface area contributed by atoms with E-state index in [1.807, 2.05) is 6.92 Å². The summed E-state index contributed by atoms with van der Waals surface area (Å²) in [6, 6.07) is 4.69. The molecule has 1 atom stereocenters. The largest absolute Gasteiger partial charge is 0.490 e. The van der Waals surface area contributed by atoms with Gasteiger partial charge < -0.3 is 20.5 Å². The molecule has 28 heavy (non-hydrogen) atoms. The molecule has 2 heterocycles. The van der Waals surface area contributed by atoms with Gasteiger partial charge in [0, 0.05) is 24.2 Å². The lowest BCUT2D eigenvalue weighted by molar-refractivity contribution is 0.201. The number of aryl methyl sites for hydroxylation is 1. The summed E-state index contributed by atoms with van der Waals surface area (Å²) in [5, 5.41) is 2.30. The third kappa shape index (κ3) is 5.88. The fraction of sp³-hybridized carbons (Fsp3) is 0.450. The maximum Gasteiger partial charge on any atom is 0.413 e. The smallest absolute Gasteiger partial charge is 0.413 e. The summed E-state index contributed by atoms with van der Waals surface area (Å²) >= 11 is 0. The van der Waals surface area contributed by atoms with Crippen LogP contribution in [0, 0.1) is 18.7 Å². The van der Waals surface area contributed by atoms with Crippen molar-refractivity contribution in [1.29, 1.82) is 0 Å². The van der Waals surface area contributed by atoms with Gasteiger partial charge in [0.05, 0.1) is 17.6 Å². The van der Waals surface area contributed by atoms with Crippen molar-refractivity contribution in [2.75, 3.05) is 13.7 Å². The first-order valence-electron chi connectivity index (χ1n) is 9.06. The van der Waals surface area contributed by atoms with Crippen LogP contribution in [0.1, 0.15) is 32.9 Å². The van der Waals surface area contributed by atoms with Crippen molar-refractivity contribution < 1.29 is 18.7 Å². The molecule has 2 aromatic heterocycles. The highest BCUT2D eigenvalue weighted by atomic mass is 19.1. The second-order valence-corrected chi connectivity index (χ2v) is 7.46. The van der Waals surface area contributed by atoms with Crippen LogP contribution in [0.4, 0.5) is 9.18 Å². The highest BCUT2D eigenvalue weighted by Gasteiger charge is 2.22. The number of carbonyl (C=O) groups is 1. The zero-order chi connectivity index (χ0) is 20.9. The molecule has 1 amide bonds. The number of hydrogen-bond acceptors (Lipinski definition) is 6. The van der Waals surface area contributed by atoms with Crippen molar-refractivity contribution >= 4 is 6.09 Å². The van der Waals surface area contributed by atoms with E-state index in [0.29, 0.717) is 29.7 Å². The Labute approximate surface area is 164 Å². The molecule has 0 spiro atoms. The Morgan fingerprint density at radius 2 is 2.11 bits per heavy atom. The lowest BCUT2D eigenvalue weighted by atomic mass is 9.93. The minimum absolute atomic E-state index is 0.0249. The van der Waals surface area contributed by atoms with Crippen molar-refractivity contribution in [2.24, 2.45) is 11.7 Å². The van der Waals surface area contributed by atoms with E-state index in [-0.39, 0.29) is 11.4 Å². The number of nitrogens with zero attached hydrogens (tertiary/aromatic N) is 2. The highest BCUT2D eigenvalue weighted by Crippen LogP contribution is 2.27. The van der Waals surface area contributed by atoms with E-state index in [4.69, 9.17) is 15.2 Å². The molecule has 2 aromatic rings. The first-order valence-corrected chi connectivity index (χ1v) is 9.06. The normalized spacial score (nSPS) is 13.1. The molecule has 0 saturated carbocycles. The maximum absolute atomic E-state index is 14.2. The number of rotatable bonds is 7. The van der Waals surface area contributed by atoms with Crippen LogP contribution in [0.3, 0.4) is 0 Å². The van der Waals surface area contributed by atoms with Crippen LogP contribution >= 0.6 is 0 Å². The molecular weight excluding hydrogens is 363 g/mol. The van der Waals surface area contributed by atoms with Crippen LogP contribution < -0.4 is 20.5 Å². The molecule has 0 radical (unpaired) electrons. The monoisotopic (exact) mass is 390 g/mol. The number of nitrogens with two attached hydrogens (primary N) is 1. The molecule has 0 saturated heterocycles. The van der Waals surface area contributed by atoms with Crippen molar-refractivity contribution in [3.63, 3.8) is 0 Å². The molecule has 152 valence electrons. The van der Waals surface area contributed by atoms with Crippen molar-refractivity contribution in [2.45, 2.75) is 39.7 Å². The average molecular weight is 390 g/mol. The van der Waals surface area contributed by atoms with Crippen LogP contribution in [-0.4, -0.2) is 35.3 Å².